The molecule has 0 aliphatic carbocycles. The van der Waals surface area contributed by atoms with E-state index in [2.05, 4.69) is 0 Å². The van der Waals surface area contributed by atoms with E-state index in [0.717, 1.165) is 0 Å². The minimum absolute atomic E-state index is 0. The first-order valence-electron chi connectivity index (χ1n) is 3.87. The second-order valence-corrected chi connectivity index (χ2v) is 3.08. The molecular formula is C8H6BF6Li. The predicted molar refractivity (Wildman–Crippen MR) is 51.8 cm³/mol. The molecule has 0 aliphatic rings. The summed E-state index contributed by atoms with van der Waals surface area (Å²) >= 11 is 0. The van der Waals surface area contributed by atoms with Crippen LogP contribution in [0, 0.1) is 0 Å². The van der Waals surface area contributed by atoms with Gasteiger partial charge in [-0.15, -0.1) is 0 Å². The summed E-state index contributed by atoms with van der Waals surface area (Å²) in [5.41, 5.74) is -2.64. The maximum absolute atomic E-state index is 12.2. The molecule has 0 aromatic heterocycles. The molecule has 0 saturated heterocycles. The molecule has 16 heavy (non-hydrogen) atoms. The van der Waals surface area contributed by atoms with E-state index in [1.165, 1.54) is 7.85 Å². The second kappa shape index (κ2) is 4.76. The number of halogens is 6. The summed E-state index contributed by atoms with van der Waals surface area (Å²) in [6.07, 6.45) is -9.52. The molecule has 0 fully saturated rings. The Morgan fingerprint density at radius 3 is 1.31 bits per heavy atom. The molecule has 0 heterocycles. The van der Waals surface area contributed by atoms with Crippen LogP contribution < -0.4 is 5.46 Å². The molecule has 0 atom stereocenters. The zero-order chi connectivity index (χ0) is 11.9. The molecule has 0 amide bonds. The van der Waals surface area contributed by atoms with Crippen molar-refractivity contribution in [3.63, 3.8) is 0 Å². The fourth-order valence-electron chi connectivity index (χ4n) is 1.11. The summed E-state index contributed by atoms with van der Waals surface area (Å²) in [4.78, 5) is 0. The fraction of sp³-hybridized carbons (Fsp3) is 0.250. The van der Waals surface area contributed by atoms with Crippen LogP contribution in [0.3, 0.4) is 0 Å². The Balaban J connectivity index is 0.00000225. The van der Waals surface area contributed by atoms with Crippen molar-refractivity contribution in [1.29, 1.82) is 0 Å². The molecule has 1 aromatic carbocycles. The quantitative estimate of drug-likeness (QED) is 0.469. The van der Waals surface area contributed by atoms with E-state index in [1.807, 2.05) is 0 Å². The van der Waals surface area contributed by atoms with Crippen molar-refractivity contribution < 1.29 is 26.3 Å². The first-order valence-corrected chi connectivity index (χ1v) is 3.87. The van der Waals surface area contributed by atoms with Gasteiger partial charge in [0.1, 0.15) is 7.85 Å². The van der Waals surface area contributed by atoms with E-state index in [9.17, 15) is 26.3 Å². The third-order valence-corrected chi connectivity index (χ3v) is 1.73. The van der Waals surface area contributed by atoms with E-state index >= 15 is 0 Å². The minimum atomic E-state index is -4.76. The summed E-state index contributed by atoms with van der Waals surface area (Å²) in [5, 5.41) is 0. The molecule has 0 aliphatic heterocycles. The van der Waals surface area contributed by atoms with Crippen molar-refractivity contribution in [2.24, 2.45) is 0 Å². The third-order valence-electron chi connectivity index (χ3n) is 1.73. The fourth-order valence-corrected chi connectivity index (χ4v) is 1.11. The van der Waals surface area contributed by atoms with Crippen LogP contribution >= 0.6 is 0 Å². The number of rotatable bonds is 0. The van der Waals surface area contributed by atoms with Crippen LogP contribution in [0.1, 0.15) is 11.1 Å². The van der Waals surface area contributed by atoms with Gasteiger partial charge in [0.2, 0.25) is 0 Å². The van der Waals surface area contributed by atoms with Gasteiger partial charge in [0.25, 0.3) is 0 Å². The zero-order valence-corrected chi connectivity index (χ0v) is 7.50. The van der Waals surface area contributed by atoms with Crippen molar-refractivity contribution in [3.05, 3.63) is 29.3 Å². The molecule has 1 aromatic rings. The van der Waals surface area contributed by atoms with Gasteiger partial charge in [-0.2, -0.15) is 26.3 Å². The van der Waals surface area contributed by atoms with Crippen LogP contribution in [0.5, 0.6) is 0 Å². The van der Waals surface area contributed by atoms with Gasteiger partial charge < -0.3 is 0 Å². The van der Waals surface area contributed by atoms with Crippen molar-refractivity contribution in [1.82, 2.24) is 0 Å². The van der Waals surface area contributed by atoms with E-state index in [-0.39, 0.29) is 30.4 Å². The molecule has 1 rings (SSSR count). The molecule has 0 unspecified atom stereocenters. The van der Waals surface area contributed by atoms with Crippen molar-refractivity contribution in [2.75, 3.05) is 0 Å². The zero-order valence-electron chi connectivity index (χ0n) is 7.50. The van der Waals surface area contributed by atoms with Crippen molar-refractivity contribution >= 4 is 32.2 Å². The van der Waals surface area contributed by atoms with Crippen LogP contribution in [-0.2, 0) is 12.4 Å². The number of hydrogen-bond donors (Lipinski definition) is 0. The van der Waals surface area contributed by atoms with Crippen LogP contribution in [-0.4, -0.2) is 26.7 Å². The van der Waals surface area contributed by atoms with E-state index in [0.29, 0.717) is 12.1 Å². The second-order valence-electron chi connectivity index (χ2n) is 3.08. The summed E-state index contributed by atoms with van der Waals surface area (Å²) in [7, 11) is 1.18. The van der Waals surface area contributed by atoms with Gasteiger partial charge in [0.15, 0.2) is 0 Å². The molecule has 8 heteroatoms. The van der Waals surface area contributed by atoms with Crippen molar-refractivity contribution in [2.45, 2.75) is 12.4 Å². The SMILES string of the molecule is Bc1cc(C(F)(F)F)cc(C(F)(F)F)c1.[LiH]. The Morgan fingerprint density at radius 2 is 1.06 bits per heavy atom. The predicted octanol–water partition coefficient (Wildman–Crippen LogP) is 1.33. The average Bonchev–Trinajstić information content (AvgIpc) is 1.99. The van der Waals surface area contributed by atoms with E-state index in [4.69, 9.17) is 0 Å². The summed E-state index contributed by atoms with van der Waals surface area (Å²) in [6, 6.07) is 1.46. The molecular weight excluding hydrogens is 228 g/mol. The van der Waals surface area contributed by atoms with Gasteiger partial charge in [-0.1, -0.05) is 17.6 Å². The molecule has 0 N–H and O–H groups in total. The van der Waals surface area contributed by atoms with Gasteiger partial charge in [-0.25, -0.2) is 0 Å². The Morgan fingerprint density at radius 1 is 0.750 bits per heavy atom. The molecule has 84 valence electrons. The Hall–Kier alpha value is -0.538. The third kappa shape index (κ3) is 3.80. The summed E-state index contributed by atoms with van der Waals surface area (Å²) in [5.74, 6) is 0. The van der Waals surface area contributed by atoms with Gasteiger partial charge in [0.05, 0.1) is 11.1 Å². The van der Waals surface area contributed by atoms with Crippen LogP contribution in [0.15, 0.2) is 18.2 Å². The maximum atomic E-state index is 12.2. The van der Waals surface area contributed by atoms with Gasteiger partial charge in [-0.3, -0.25) is 0 Å². The van der Waals surface area contributed by atoms with Crippen molar-refractivity contribution in [3.8, 4) is 0 Å². The summed E-state index contributed by atoms with van der Waals surface area (Å²) in [6.45, 7) is 0. The standard InChI is InChI=1S/C8H5BF6.Li.H/c9-6-2-4(7(10,11)12)1-5(3-6)8(13,14)15;;/h1-3H,9H2;;. The first-order chi connectivity index (χ1) is 6.60. The Labute approximate surface area is 101 Å². The van der Waals surface area contributed by atoms with Gasteiger partial charge in [0, 0.05) is 0 Å². The molecule has 0 bridgehead atoms. The van der Waals surface area contributed by atoms with Crippen LogP contribution in [0.25, 0.3) is 0 Å². The van der Waals surface area contributed by atoms with Gasteiger partial charge >= 0.3 is 31.2 Å². The monoisotopic (exact) mass is 234 g/mol. The molecule has 0 spiro atoms. The van der Waals surface area contributed by atoms with Crippen LogP contribution in [0.2, 0.25) is 0 Å². The molecule has 0 saturated carbocycles. The number of alkyl halides is 6. The van der Waals surface area contributed by atoms with Gasteiger partial charge in [-0.05, 0) is 6.07 Å². The number of benzene rings is 1. The molecule has 0 radical (unpaired) electrons. The van der Waals surface area contributed by atoms with E-state index in [1.54, 1.807) is 0 Å². The normalized spacial score (nSPS) is 12.1. The molecule has 0 nitrogen and oxygen atoms in total. The Bertz CT molecular complexity index is 338. The van der Waals surface area contributed by atoms with E-state index < -0.39 is 23.5 Å². The van der Waals surface area contributed by atoms with Crippen LogP contribution in [0.4, 0.5) is 26.3 Å². The first kappa shape index (κ1) is 15.5. The summed E-state index contributed by atoms with van der Waals surface area (Å²) < 4.78 is 73.0. The topological polar surface area (TPSA) is 0 Å². The average molecular weight is 234 g/mol. The number of hydrogen-bond acceptors (Lipinski definition) is 0. The Kier molecular flexibility index (Phi) is 4.60.